The first-order valence-corrected chi connectivity index (χ1v) is 19.2. The van der Waals surface area contributed by atoms with E-state index in [0.717, 1.165) is 83.3 Å². The van der Waals surface area contributed by atoms with E-state index in [4.69, 9.17) is 9.97 Å². The average molecular weight is 729 g/mol. The van der Waals surface area contributed by atoms with Crippen LogP contribution in [0.5, 0.6) is 0 Å². The third-order valence-corrected chi connectivity index (χ3v) is 10.7. The van der Waals surface area contributed by atoms with Crippen LogP contribution in [0.1, 0.15) is 11.1 Å². The Bertz CT molecular complexity index is 3090. The SMILES string of the molecule is N=C(c1ccccc1)c1c(-c2ccccc2)cc2ccc(-c3cc(-c4cc5ccccc5c5ccccc45)nc(-c4ccccc4)n3)cc2c1Nc1ccccc1. The zero-order chi connectivity index (χ0) is 38.1. The Kier molecular flexibility index (Phi) is 8.62. The van der Waals surface area contributed by atoms with Crippen LogP contribution in [-0.2, 0) is 0 Å². The molecule has 0 unspecified atom stereocenters. The normalized spacial score (nSPS) is 11.2. The molecule has 0 fully saturated rings. The molecule has 0 atom stereocenters. The summed E-state index contributed by atoms with van der Waals surface area (Å²) in [5.41, 5.74) is 10.6. The van der Waals surface area contributed by atoms with E-state index in [9.17, 15) is 5.41 Å². The van der Waals surface area contributed by atoms with Gasteiger partial charge in [0.05, 0.1) is 22.8 Å². The van der Waals surface area contributed by atoms with Gasteiger partial charge < -0.3 is 5.32 Å². The first-order chi connectivity index (χ1) is 28.2. The second-order valence-corrected chi connectivity index (χ2v) is 14.2. The van der Waals surface area contributed by atoms with Crippen LogP contribution < -0.4 is 5.32 Å². The lowest BCUT2D eigenvalue weighted by molar-refractivity contribution is 1.19. The number of para-hydroxylation sites is 1. The Morgan fingerprint density at radius 2 is 0.965 bits per heavy atom. The van der Waals surface area contributed by atoms with Crippen LogP contribution in [-0.4, -0.2) is 15.7 Å². The van der Waals surface area contributed by atoms with Crippen LogP contribution in [0.4, 0.5) is 11.4 Å². The van der Waals surface area contributed by atoms with E-state index in [1.54, 1.807) is 0 Å². The topological polar surface area (TPSA) is 61.7 Å². The molecule has 10 rings (SSSR count). The molecule has 0 spiro atoms. The Morgan fingerprint density at radius 1 is 0.404 bits per heavy atom. The Hall–Kier alpha value is -7.69. The van der Waals surface area contributed by atoms with Crippen LogP contribution in [0.25, 0.3) is 77.3 Å². The molecule has 2 N–H and O–H groups in total. The number of hydrogen-bond donors (Lipinski definition) is 2. The minimum Gasteiger partial charge on any atom is -0.354 e. The second kappa shape index (κ2) is 14.5. The largest absolute Gasteiger partial charge is 0.354 e. The van der Waals surface area contributed by atoms with Crippen molar-refractivity contribution in [2.75, 3.05) is 5.32 Å². The minimum atomic E-state index is 0.444. The van der Waals surface area contributed by atoms with Gasteiger partial charge in [-0.3, -0.25) is 5.41 Å². The van der Waals surface area contributed by atoms with Crippen molar-refractivity contribution in [1.82, 2.24) is 9.97 Å². The molecule has 0 aliphatic heterocycles. The van der Waals surface area contributed by atoms with Gasteiger partial charge in [0.1, 0.15) is 0 Å². The van der Waals surface area contributed by atoms with Gasteiger partial charge in [-0.2, -0.15) is 0 Å². The van der Waals surface area contributed by atoms with Crippen molar-refractivity contribution >= 4 is 49.4 Å². The number of anilines is 2. The van der Waals surface area contributed by atoms with Crippen molar-refractivity contribution in [1.29, 1.82) is 5.41 Å². The van der Waals surface area contributed by atoms with Gasteiger partial charge in [-0.25, -0.2) is 9.97 Å². The summed E-state index contributed by atoms with van der Waals surface area (Å²) in [6, 6.07) is 71.1. The lowest BCUT2D eigenvalue weighted by atomic mass is 9.87. The maximum Gasteiger partial charge on any atom is 0.160 e. The Morgan fingerprint density at radius 3 is 1.70 bits per heavy atom. The van der Waals surface area contributed by atoms with Gasteiger partial charge in [0.2, 0.25) is 0 Å². The summed E-state index contributed by atoms with van der Waals surface area (Å²) in [6.07, 6.45) is 0. The predicted octanol–water partition coefficient (Wildman–Crippen LogP) is 13.8. The van der Waals surface area contributed by atoms with E-state index in [1.807, 2.05) is 72.8 Å². The van der Waals surface area contributed by atoms with Crippen LogP contribution in [0, 0.1) is 5.41 Å². The van der Waals surface area contributed by atoms with Crippen molar-refractivity contribution in [3.05, 3.63) is 217 Å². The number of nitrogens with zero attached hydrogens (tertiary/aromatic N) is 2. The molecule has 1 heterocycles. The molecular weight excluding hydrogens is 693 g/mol. The molecule has 0 radical (unpaired) electrons. The highest BCUT2D eigenvalue weighted by molar-refractivity contribution is 6.22. The monoisotopic (exact) mass is 728 g/mol. The molecule has 0 amide bonds. The molecule has 4 nitrogen and oxygen atoms in total. The zero-order valence-electron chi connectivity index (χ0n) is 31.0. The van der Waals surface area contributed by atoms with E-state index in [2.05, 4.69) is 139 Å². The number of rotatable bonds is 8. The van der Waals surface area contributed by atoms with Gasteiger partial charge in [0.25, 0.3) is 0 Å². The third-order valence-electron chi connectivity index (χ3n) is 10.7. The maximum atomic E-state index is 9.77. The summed E-state index contributed by atoms with van der Waals surface area (Å²) in [6.45, 7) is 0. The molecule has 0 saturated carbocycles. The molecular formula is C53H36N4. The van der Waals surface area contributed by atoms with Gasteiger partial charge in [0, 0.05) is 38.9 Å². The van der Waals surface area contributed by atoms with Gasteiger partial charge in [-0.15, -0.1) is 0 Å². The number of nitrogens with one attached hydrogen (secondary N) is 2. The van der Waals surface area contributed by atoms with Crippen molar-refractivity contribution in [3.8, 4) is 45.0 Å². The van der Waals surface area contributed by atoms with E-state index in [-0.39, 0.29) is 0 Å². The maximum absolute atomic E-state index is 9.77. The van der Waals surface area contributed by atoms with Gasteiger partial charge in [0.15, 0.2) is 5.82 Å². The molecule has 57 heavy (non-hydrogen) atoms. The van der Waals surface area contributed by atoms with E-state index < -0.39 is 0 Å². The third kappa shape index (κ3) is 6.39. The van der Waals surface area contributed by atoms with Gasteiger partial charge >= 0.3 is 0 Å². The fraction of sp³-hybridized carbons (Fsp3) is 0. The summed E-state index contributed by atoms with van der Waals surface area (Å²) in [7, 11) is 0. The predicted molar refractivity (Wildman–Crippen MR) is 238 cm³/mol. The lowest BCUT2D eigenvalue weighted by Crippen LogP contribution is -2.09. The molecule has 0 aliphatic carbocycles. The lowest BCUT2D eigenvalue weighted by Gasteiger charge is -2.21. The second-order valence-electron chi connectivity index (χ2n) is 14.2. The molecule has 268 valence electrons. The summed E-state index contributed by atoms with van der Waals surface area (Å²) in [5.74, 6) is 0.661. The fourth-order valence-corrected chi connectivity index (χ4v) is 7.92. The van der Waals surface area contributed by atoms with Crippen molar-refractivity contribution in [3.63, 3.8) is 0 Å². The van der Waals surface area contributed by atoms with Crippen molar-refractivity contribution < 1.29 is 0 Å². The van der Waals surface area contributed by atoms with E-state index in [0.29, 0.717) is 11.5 Å². The van der Waals surface area contributed by atoms with E-state index in [1.165, 1.54) is 10.8 Å². The fourth-order valence-electron chi connectivity index (χ4n) is 7.92. The Balaban J connectivity index is 1.24. The molecule has 9 aromatic carbocycles. The van der Waals surface area contributed by atoms with Crippen molar-refractivity contribution in [2.45, 2.75) is 0 Å². The van der Waals surface area contributed by atoms with Crippen molar-refractivity contribution in [2.24, 2.45) is 0 Å². The van der Waals surface area contributed by atoms with E-state index >= 15 is 0 Å². The summed E-state index contributed by atoms with van der Waals surface area (Å²) in [5, 5.41) is 20.3. The van der Waals surface area contributed by atoms with Crippen LogP contribution in [0.2, 0.25) is 0 Å². The molecule has 0 saturated heterocycles. The molecule has 0 bridgehead atoms. The van der Waals surface area contributed by atoms with Crippen LogP contribution in [0.15, 0.2) is 206 Å². The number of hydrogen-bond acceptors (Lipinski definition) is 4. The molecule has 4 heteroatoms. The number of aromatic nitrogens is 2. The van der Waals surface area contributed by atoms with Crippen LogP contribution in [0.3, 0.4) is 0 Å². The summed E-state index contributed by atoms with van der Waals surface area (Å²) >= 11 is 0. The molecule has 1 aromatic heterocycles. The van der Waals surface area contributed by atoms with Gasteiger partial charge in [-0.05, 0) is 74.5 Å². The molecule has 10 aromatic rings. The Labute approximate surface area is 331 Å². The number of fused-ring (bicyclic) bond motifs is 4. The highest BCUT2D eigenvalue weighted by Gasteiger charge is 2.22. The van der Waals surface area contributed by atoms with Gasteiger partial charge in [-0.1, -0.05) is 170 Å². The average Bonchev–Trinajstić information content (AvgIpc) is 3.29. The zero-order valence-corrected chi connectivity index (χ0v) is 31.0. The highest BCUT2D eigenvalue weighted by Crippen LogP contribution is 2.42. The van der Waals surface area contributed by atoms with Crippen LogP contribution >= 0.6 is 0 Å². The first kappa shape index (κ1) is 33.8. The quantitative estimate of drug-likeness (QED) is 0.121. The number of benzene rings is 9. The highest BCUT2D eigenvalue weighted by atomic mass is 14.9. The first-order valence-electron chi connectivity index (χ1n) is 19.2. The standard InChI is InChI=1S/C53H36N4/c54-51(36-19-7-2-8-20-36)50-45(35-17-5-1-6-18-35)31-39-29-30-40(33-46(39)52(50)55-41-24-11-4-12-25-41)48-34-49(57-53(56-48)37-21-9-3-10-22-37)47-32-38-23-13-14-26-42(38)43-27-15-16-28-44(43)47/h1-34,54-55H. The smallest absolute Gasteiger partial charge is 0.160 e. The minimum absolute atomic E-state index is 0.444. The summed E-state index contributed by atoms with van der Waals surface area (Å²) in [4.78, 5) is 10.5. The molecule has 0 aliphatic rings. The summed E-state index contributed by atoms with van der Waals surface area (Å²) < 4.78 is 0.